The fraction of sp³-hybridized carbons (Fsp3) is 0.261. The number of hydrogen-bond donors (Lipinski definition) is 2. The second-order valence-corrected chi connectivity index (χ2v) is 10.5. The average Bonchev–Trinajstić information content (AvgIpc) is 2.93. The minimum atomic E-state index is -4.98. The average molecular weight is 547 g/mol. The normalized spacial score (nSPS) is 14.4. The number of sulfonamides is 1. The Labute approximate surface area is 207 Å². The third kappa shape index (κ3) is 5.59. The van der Waals surface area contributed by atoms with Gasteiger partial charge in [-0.3, -0.25) is 4.31 Å². The first kappa shape index (κ1) is 26.5. The number of fused-ring (bicyclic) bond motifs is 2. The molecule has 1 aromatic heterocycles. The number of aliphatic hydroxyl groups is 1. The van der Waals surface area contributed by atoms with Crippen molar-refractivity contribution in [2.75, 3.05) is 9.62 Å². The smallest absolute Gasteiger partial charge is 0.406 e. The summed E-state index contributed by atoms with van der Waals surface area (Å²) in [5.41, 5.74) is -2.11. The van der Waals surface area contributed by atoms with E-state index < -0.39 is 51.0 Å². The highest BCUT2D eigenvalue weighted by molar-refractivity contribution is 7.92. The molecule has 1 aliphatic rings. The number of nitrogens with zero attached hydrogens (tertiary/aromatic N) is 2. The van der Waals surface area contributed by atoms with E-state index >= 15 is 0 Å². The van der Waals surface area contributed by atoms with Crippen molar-refractivity contribution in [1.82, 2.24) is 4.98 Å². The monoisotopic (exact) mass is 547 g/mol. The van der Waals surface area contributed by atoms with Crippen LogP contribution in [0.5, 0.6) is 5.75 Å². The number of rotatable bonds is 4. The summed E-state index contributed by atoms with van der Waals surface area (Å²) in [6.45, 7) is 2.46. The molecule has 0 saturated carbocycles. The lowest BCUT2D eigenvalue weighted by Gasteiger charge is -2.27. The molecule has 0 aliphatic carbocycles. The van der Waals surface area contributed by atoms with Crippen molar-refractivity contribution < 1.29 is 44.6 Å². The topological polar surface area (TPSA) is 91.8 Å². The van der Waals surface area contributed by atoms with Gasteiger partial charge in [-0.25, -0.2) is 13.4 Å². The number of halogens is 6. The molecular formula is C23H19F6N3O4S. The highest BCUT2D eigenvalue weighted by atomic mass is 32.2. The van der Waals surface area contributed by atoms with Gasteiger partial charge in [0, 0.05) is 5.56 Å². The molecule has 3 aromatic rings. The van der Waals surface area contributed by atoms with Crippen LogP contribution in [0.25, 0.3) is 0 Å². The highest BCUT2D eigenvalue weighted by Crippen LogP contribution is 2.41. The third-order valence-electron chi connectivity index (χ3n) is 5.45. The van der Waals surface area contributed by atoms with E-state index in [0.717, 1.165) is 34.6 Å². The van der Waals surface area contributed by atoms with Crippen molar-refractivity contribution in [1.29, 1.82) is 0 Å². The van der Waals surface area contributed by atoms with Crippen LogP contribution in [-0.2, 0) is 28.3 Å². The van der Waals surface area contributed by atoms with Crippen molar-refractivity contribution in [3.63, 3.8) is 0 Å². The minimum Gasteiger partial charge on any atom is -0.406 e. The molecule has 198 valence electrons. The van der Waals surface area contributed by atoms with Gasteiger partial charge in [0.1, 0.15) is 17.3 Å². The van der Waals surface area contributed by atoms with E-state index in [1.807, 2.05) is 0 Å². The van der Waals surface area contributed by atoms with Gasteiger partial charge in [-0.05, 0) is 61.9 Å². The quantitative estimate of drug-likeness (QED) is 0.409. The first-order valence-corrected chi connectivity index (χ1v) is 12.0. The van der Waals surface area contributed by atoms with Crippen LogP contribution in [0.3, 0.4) is 0 Å². The lowest BCUT2D eigenvalue weighted by molar-refractivity contribution is -0.274. The Morgan fingerprint density at radius 2 is 1.62 bits per heavy atom. The SMILES string of the molecule is CC(C)(O)c1ccc2c(c1)N(S(=O)(=O)c1ccc(OC(F)(F)F)cc1)Cc1ccc(C(F)(F)F)nc1N2. The molecule has 4 rings (SSSR count). The summed E-state index contributed by atoms with van der Waals surface area (Å²) in [7, 11) is -4.48. The van der Waals surface area contributed by atoms with Gasteiger partial charge in [0.15, 0.2) is 0 Å². The fourth-order valence-corrected chi connectivity index (χ4v) is 5.08. The molecule has 37 heavy (non-hydrogen) atoms. The van der Waals surface area contributed by atoms with Gasteiger partial charge in [0.2, 0.25) is 0 Å². The minimum absolute atomic E-state index is 0.0122. The van der Waals surface area contributed by atoms with Crippen LogP contribution in [-0.4, -0.2) is 24.9 Å². The molecule has 0 radical (unpaired) electrons. The maximum Gasteiger partial charge on any atom is 0.573 e. The Balaban J connectivity index is 1.85. The number of nitrogens with one attached hydrogen (secondary N) is 1. The van der Waals surface area contributed by atoms with Crippen molar-refractivity contribution in [2.45, 2.75) is 43.4 Å². The largest absolute Gasteiger partial charge is 0.573 e. The van der Waals surface area contributed by atoms with E-state index in [4.69, 9.17) is 0 Å². The van der Waals surface area contributed by atoms with Gasteiger partial charge in [0.25, 0.3) is 10.0 Å². The molecule has 0 atom stereocenters. The number of alkyl halides is 6. The molecule has 2 aromatic carbocycles. The number of ether oxygens (including phenoxy) is 1. The summed E-state index contributed by atoms with van der Waals surface area (Å²) in [4.78, 5) is 3.22. The second-order valence-electron chi connectivity index (χ2n) is 8.65. The fourth-order valence-electron chi connectivity index (χ4n) is 3.63. The van der Waals surface area contributed by atoms with E-state index in [1.165, 1.54) is 32.0 Å². The van der Waals surface area contributed by atoms with Crippen LogP contribution in [0.2, 0.25) is 0 Å². The zero-order valence-corrected chi connectivity index (χ0v) is 20.0. The number of anilines is 3. The van der Waals surface area contributed by atoms with Gasteiger partial charge in [-0.2, -0.15) is 13.2 Å². The molecular weight excluding hydrogens is 528 g/mol. The van der Waals surface area contributed by atoms with Crippen molar-refractivity contribution >= 4 is 27.2 Å². The van der Waals surface area contributed by atoms with Crippen LogP contribution >= 0.6 is 0 Å². The third-order valence-corrected chi connectivity index (χ3v) is 7.23. The summed E-state index contributed by atoms with van der Waals surface area (Å²) in [5, 5.41) is 13.2. The van der Waals surface area contributed by atoms with Gasteiger partial charge in [-0.1, -0.05) is 12.1 Å². The lowest BCUT2D eigenvalue weighted by atomic mass is 9.97. The predicted molar refractivity (Wildman–Crippen MR) is 121 cm³/mol. The van der Waals surface area contributed by atoms with Gasteiger partial charge in [-0.15, -0.1) is 13.2 Å². The van der Waals surface area contributed by atoms with Crippen molar-refractivity contribution in [3.05, 3.63) is 71.4 Å². The maximum absolute atomic E-state index is 13.7. The molecule has 14 heteroatoms. The molecule has 0 bridgehead atoms. The molecule has 0 fully saturated rings. The summed E-state index contributed by atoms with van der Waals surface area (Å²) in [6.07, 6.45) is -9.72. The van der Waals surface area contributed by atoms with E-state index in [2.05, 4.69) is 15.0 Å². The van der Waals surface area contributed by atoms with E-state index in [-0.39, 0.29) is 22.8 Å². The van der Waals surface area contributed by atoms with Crippen LogP contribution in [0.1, 0.15) is 30.7 Å². The molecule has 2 N–H and O–H groups in total. The first-order chi connectivity index (χ1) is 16.9. The van der Waals surface area contributed by atoms with Crippen LogP contribution in [0, 0.1) is 0 Å². The van der Waals surface area contributed by atoms with Crippen LogP contribution in [0.15, 0.2) is 59.5 Å². The van der Waals surface area contributed by atoms with E-state index in [9.17, 15) is 39.9 Å². The molecule has 7 nitrogen and oxygen atoms in total. The zero-order valence-electron chi connectivity index (χ0n) is 19.1. The summed E-state index contributed by atoms with van der Waals surface area (Å²) in [6, 6.07) is 9.51. The molecule has 0 saturated heterocycles. The van der Waals surface area contributed by atoms with E-state index in [0.29, 0.717) is 11.6 Å². The Morgan fingerprint density at radius 1 is 0.973 bits per heavy atom. The molecule has 2 heterocycles. The zero-order chi connectivity index (χ0) is 27.4. The lowest BCUT2D eigenvalue weighted by Crippen LogP contribution is -2.31. The number of benzene rings is 2. The highest BCUT2D eigenvalue weighted by Gasteiger charge is 2.36. The summed E-state index contributed by atoms with van der Waals surface area (Å²) >= 11 is 0. The Bertz CT molecular complexity index is 1430. The number of hydrogen-bond acceptors (Lipinski definition) is 6. The maximum atomic E-state index is 13.7. The van der Waals surface area contributed by atoms with Crippen LogP contribution < -0.4 is 14.4 Å². The van der Waals surface area contributed by atoms with Crippen LogP contribution in [0.4, 0.5) is 43.5 Å². The van der Waals surface area contributed by atoms with Gasteiger partial charge >= 0.3 is 12.5 Å². The standard InChI is InChI=1S/C23H19F6N3O4S/c1-21(2,33)14-4-9-17-18(11-14)32(12-13-3-10-19(22(24,25)26)31-20(13)30-17)37(34,35)16-7-5-15(6-8-16)36-23(27,28)29/h3-11,33H,12H2,1-2H3,(H,30,31). The number of pyridine rings is 1. The Kier molecular flexibility index (Phi) is 6.31. The van der Waals surface area contributed by atoms with E-state index in [1.54, 1.807) is 0 Å². The molecule has 0 spiro atoms. The first-order valence-electron chi connectivity index (χ1n) is 10.5. The molecule has 0 amide bonds. The van der Waals surface area contributed by atoms with Gasteiger partial charge < -0.3 is 15.2 Å². The predicted octanol–water partition coefficient (Wildman–Crippen LogP) is 5.68. The van der Waals surface area contributed by atoms with Crippen molar-refractivity contribution in [3.8, 4) is 5.75 Å². The summed E-state index contributed by atoms with van der Waals surface area (Å²) in [5.74, 6) is -0.860. The number of aromatic nitrogens is 1. The summed E-state index contributed by atoms with van der Waals surface area (Å²) < 4.78 is 109. The Hall–Kier alpha value is -3.52. The molecule has 1 aliphatic heterocycles. The Morgan fingerprint density at radius 3 is 2.19 bits per heavy atom. The van der Waals surface area contributed by atoms with Crippen molar-refractivity contribution in [2.24, 2.45) is 0 Å². The second kappa shape index (κ2) is 8.80. The molecule has 0 unspecified atom stereocenters. The van der Waals surface area contributed by atoms with Gasteiger partial charge in [0.05, 0.1) is 28.4 Å².